The Morgan fingerprint density at radius 3 is 2.55 bits per heavy atom. The van der Waals surface area contributed by atoms with Crippen molar-refractivity contribution in [1.29, 1.82) is 0 Å². The number of aliphatic hydroxyl groups excluding tert-OH is 1. The van der Waals surface area contributed by atoms with Gasteiger partial charge < -0.3 is 14.7 Å². The number of hydrogen-bond acceptors (Lipinski definition) is 4. The lowest BCUT2D eigenvalue weighted by Gasteiger charge is -2.31. The molecule has 20 heavy (non-hydrogen) atoms. The first-order valence-electron chi connectivity index (χ1n) is 6.78. The average Bonchev–Trinajstić information content (AvgIpc) is 2.34. The predicted octanol–water partition coefficient (Wildman–Crippen LogP) is 2.76. The summed E-state index contributed by atoms with van der Waals surface area (Å²) in [4.78, 5) is 17.6. The second-order valence-electron chi connectivity index (χ2n) is 6.03. The normalized spacial score (nSPS) is 13.2. The predicted molar refractivity (Wildman–Crippen MR) is 77.3 cm³/mol. The van der Waals surface area contributed by atoms with Gasteiger partial charge in [-0.25, -0.2) is 4.79 Å². The Kier molecular flexibility index (Phi) is 5.51. The molecule has 1 rings (SSSR count). The van der Waals surface area contributed by atoms with Crippen molar-refractivity contribution in [1.82, 2.24) is 9.88 Å². The van der Waals surface area contributed by atoms with Crippen LogP contribution in [0.2, 0.25) is 0 Å². The van der Waals surface area contributed by atoms with E-state index in [9.17, 15) is 9.90 Å². The zero-order valence-corrected chi connectivity index (χ0v) is 12.8. The van der Waals surface area contributed by atoms with Crippen LogP contribution in [0.15, 0.2) is 24.5 Å². The van der Waals surface area contributed by atoms with Crippen LogP contribution in [-0.2, 0) is 4.74 Å². The van der Waals surface area contributed by atoms with Crippen molar-refractivity contribution in [2.24, 2.45) is 0 Å². The van der Waals surface area contributed by atoms with Gasteiger partial charge in [0.2, 0.25) is 0 Å². The van der Waals surface area contributed by atoms with Gasteiger partial charge in [0, 0.05) is 24.0 Å². The molecule has 1 N–H and O–H groups in total. The average molecular weight is 280 g/mol. The molecule has 1 amide bonds. The highest BCUT2D eigenvalue weighted by Crippen LogP contribution is 2.17. The van der Waals surface area contributed by atoms with E-state index < -0.39 is 17.8 Å². The van der Waals surface area contributed by atoms with Gasteiger partial charge in [-0.05, 0) is 40.7 Å². The summed E-state index contributed by atoms with van der Waals surface area (Å²) >= 11 is 0. The Labute approximate surface area is 120 Å². The second kappa shape index (κ2) is 6.70. The second-order valence-corrected chi connectivity index (χ2v) is 6.03. The molecule has 1 aromatic heterocycles. The van der Waals surface area contributed by atoms with Crippen LogP contribution in [0.5, 0.6) is 0 Å². The number of carbonyl (C=O) groups excluding carboxylic acids is 1. The molecule has 0 saturated carbocycles. The summed E-state index contributed by atoms with van der Waals surface area (Å²) in [7, 11) is 0. The van der Waals surface area contributed by atoms with E-state index in [0.717, 1.165) is 0 Å². The van der Waals surface area contributed by atoms with Crippen molar-refractivity contribution >= 4 is 6.09 Å². The summed E-state index contributed by atoms with van der Waals surface area (Å²) in [5.74, 6) is 0. The summed E-state index contributed by atoms with van der Waals surface area (Å²) in [6.45, 7) is 9.42. The summed E-state index contributed by atoms with van der Waals surface area (Å²) in [5, 5.41) is 10.2. The lowest BCUT2D eigenvalue weighted by atomic mass is 10.1. The molecule has 0 unspecified atom stereocenters. The SMILES string of the molecule is CC(C)N(C[C@H](O)c1cccnc1)C(=O)OC(C)(C)C. The first-order chi connectivity index (χ1) is 9.20. The van der Waals surface area contributed by atoms with Gasteiger partial charge in [0.15, 0.2) is 0 Å². The zero-order valence-electron chi connectivity index (χ0n) is 12.8. The number of ether oxygens (including phenoxy) is 1. The van der Waals surface area contributed by atoms with E-state index in [1.165, 1.54) is 4.90 Å². The number of nitrogens with zero attached hydrogens (tertiary/aromatic N) is 2. The molecule has 1 atom stereocenters. The highest BCUT2D eigenvalue weighted by atomic mass is 16.6. The van der Waals surface area contributed by atoms with E-state index >= 15 is 0 Å². The van der Waals surface area contributed by atoms with Gasteiger partial charge in [0.05, 0.1) is 12.6 Å². The molecule has 5 heteroatoms. The molecular weight excluding hydrogens is 256 g/mol. The van der Waals surface area contributed by atoms with E-state index in [4.69, 9.17) is 4.74 Å². The molecule has 0 aliphatic rings. The Balaban J connectivity index is 2.75. The lowest BCUT2D eigenvalue weighted by molar-refractivity contribution is 0.00722. The first kappa shape index (κ1) is 16.4. The first-order valence-corrected chi connectivity index (χ1v) is 6.78. The largest absolute Gasteiger partial charge is 0.444 e. The number of rotatable bonds is 4. The number of carbonyl (C=O) groups is 1. The summed E-state index contributed by atoms with van der Waals surface area (Å²) in [6, 6.07) is 3.48. The summed E-state index contributed by atoms with van der Waals surface area (Å²) in [5.41, 5.74) is 0.130. The maximum absolute atomic E-state index is 12.1. The van der Waals surface area contributed by atoms with E-state index in [1.807, 2.05) is 34.6 Å². The monoisotopic (exact) mass is 280 g/mol. The Hall–Kier alpha value is -1.62. The van der Waals surface area contributed by atoms with Crippen LogP contribution in [-0.4, -0.2) is 39.3 Å². The van der Waals surface area contributed by atoms with Gasteiger partial charge in [-0.3, -0.25) is 4.98 Å². The molecule has 1 aromatic rings. The fourth-order valence-corrected chi connectivity index (χ4v) is 1.68. The van der Waals surface area contributed by atoms with Gasteiger partial charge in [0.1, 0.15) is 5.60 Å². The molecule has 0 spiro atoms. The van der Waals surface area contributed by atoms with Gasteiger partial charge >= 0.3 is 6.09 Å². The third-order valence-corrected chi connectivity index (χ3v) is 2.69. The minimum Gasteiger partial charge on any atom is -0.444 e. The van der Waals surface area contributed by atoms with Crippen LogP contribution in [0.3, 0.4) is 0 Å². The van der Waals surface area contributed by atoms with E-state index in [2.05, 4.69) is 4.98 Å². The quantitative estimate of drug-likeness (QED) is 0.921. The topological polar surface area (TPSA) is 62.7 Å². The van der Waals surface area contributed by atoms with Crippen LogP contribution >= 0.6 is 0 Å². The molecule has 0 bridgehead atoms. The van der Waals surface area contributed by atoms with Crippen molar-refractivity contribution in [3.63, 3.8) is 0 Å². The fraction of sp³-hybridized carbons (Fsp3) is 0.600. The van der Waals surface area contributed by atoms with Crippen LogP contribution < -0.4 is 0 Å². The van der Waals surface area contributed by atoms with E-state index in [0.29, 0.717) is 5.56 Å². The zero-order chi connectivity index (χ0) is 15.3. The maximum Gasteiger partial charge on any atom is 0.410 e. The highest BCUT2D eigenvalue weighted by molar-refractivity contribution is 5.68. The maximum atomic E-state index is 12.1. The molecule has 0 radical (unpaired) electrons. The smallest absolute Gasteiger partial charge is 0.410 e. The van der Waals surface area contributed by atoms with Crippen LogP contribution in [0.1, 0.15) is 46.3 Å². The van der Waals surface area contributed by atoms with Crippen molar-refractivity contribution in [3.8, 4) is 0 Å². The fourth-order valence-electron chi connectivity index (χ4n) is 1.68. The molecule has 112 valence electrons. The minimum absolute atomic E-state index is 0.0591. The summed E-state index contributed by atoms with van der Waals surface area (Å²) in [6.07, 6.45) is 2.04. The van der Waals surface area contributed by atoms with Crippen molar-refractivity contribution in [2.45, 2.75) is 52.4 Å². The van der Waals surface area contributed by atoms with Crippen LogP contribution in [0.25, 0.3) is 0 Å². The molecule has 0 aromatic carbocycles. The van der Waals surface area contributed by atoms with Crippen molar-refractivity contribution in [2.75, 3.05) is 6.54 Å². The molecular formula is C15H24N2O3. The van der Waals surface area contributed by atoms with Gasteiger partial charge in [-0.1, -0.05) is 6.07 Å². The summed E-state index contributed by atoms with van der Waals surface area (Å²) < 4.78 is 5.36. The van der Waals surface area contributed by atoms with Gasteiger partial charge in [0.25, 0.3) is 0 Å². The molecule has 1 heterocycles. The number of pyridine rings is 1. The number of aromatic nitrogens is 1. The van der Waals surface area contributed by atoms with Crippen molar-refractivity contribution in [3.05, 3.63) is 30.1 Å². The number of aliphatic hydroxyl groups is 1. The third kappa shape index (κ3) is 5.17. The minimum atomic E-state index is -0.779. The van der Waals surface area contributed by atoms with Crippen LogP contribution in [0.4, 0.5) is 4.79 Å². The Morgan fingerprint density at radius 1 is 1.45 bits per heavy atom. The van der Waals surface area contributed by atoms with Gasteiger partial charge in [-0.15, -0.1) is 0 Å². The Bertz CT molecular complexity index is 426. The lowest BCUT2D eigenvalue weighted by Crippen LogP contribution is -2.43. The standard InChI is InChI=1S/C15H24N2O3/c1-11(2)17(14(19)20-15(3,4)5)10-13(18)12-7-6-8-16-9-12/h6-9,11,13,18H,10H2,1-5H3/t13-/m0/s1. The molecule has 0 fully saturated rings. The van der Waals surface area contributed by atoms with E-state index in [1.54, 1.807) is 24.5 Å². The van der Waals surface area contributed by atoms with E-state index in [-0.39, 0.29) is 12.6 Å². The molecule has 0 saturated heterocycles. The van der Waals surface area contributed by atoms with Crippen LogP contribution in [0, 0.1) is 0 Å². The molecule has 5 nitrogen and oxygen atoms in total. The highest BCUT2D eigenvalue weighted by Gasteiger charge is 2.26. The Morgan fingerprint density at radius 2 is 2.10 bits per heavy atom. The third-order valence-electron chi connectivity index (χ3n) is 2.69. The van der Waals surface area contributed by atoms with Gasteiger partial charge in [-0.2, -0.15) is 0 Å². The molecule has 0 aliphatic heterocycles. The number of amides is 1. The molecule has 0 aliphatic carbocycles. The number of hydrogen-bond donors (Lipinski definition) is 1. The van der Waals surface area contributed by atoms with Crippen molar-refractivity contribution < 1.29 is 14.6 Å².